The van der Waals surface area contributed by atoms with E-state index in [1.807, 2.05) is 0 Å². The summed E-state index contributed by atoms with van der Waals surface area (Å²) in [6, 6.07) is 0. The molecule has 0 aromatic carbocycles. The highest BCUT2D eigenvalue weighted by molar-refractivity contribution is 5.93. The lowest BCUT2D eigenvalue weighted by atomic mass is 10.2. The van der Waals surface area contributed by atoms with E-state index in [-0.39, 0.29) is 12.2 Å². The molecule has 0 unspecified atom stereocenters. The quantitative estimate of drug-likeness (QED) is 0.777. The third kappa shape index (κ3) is 1.87. The number of carboxylic acids is 1. The Morgan fingerprint density at radius 1 is 1.44 bits per heavy atom. The van der Waals surface area contributed by atoms with Crippen molar-refractivity contribution in [2.75, 3.05) is 6.61 Å². The fourth-order valence-corrected chi connectivity index (χ4v) is 1.48. The summed E-state index contributed by atoms with van der Waals surface area (Å²) in [5, 5.41) is 21.5. The van der Waals surface area contributed by atoms with Gasteiger partial charge in [0.05, 0.1) is 6.20 Å². The molecule has 0 radical (unpaired) electrons. The number of aromatic nitrogens is 3. The second kappa shape index (κ2) is 4.28. The van der Waals surface area contributed by atoms with Gasteiger partial charge in [-0.1, -0.05) is 0 Å². The molecule has 0 saturated carbocycles. The van der Waals surface area contributed by atoms with Gasteiger partial charge in [0, 0.05) is 19.0 Å². The third-order valence-corrected chi connectivity index (χ3v) is 2.26. The fourth-order valence-electron chi connectivity index (χ4n) is 1.48. The highest BCUT2D eigenvalue weighted by Gasteiger charge is 2.12. The molecule has 0 bridgehead atoms. The lowest BCUT2D eigenvalue weighted by molar-refractivity contribution is 0.0698. The lowest BCUT2D eigenvalue weighted by Crippen LogP contribution is -1.99. The molecule has 0 spiro atoms. The highest BCUT2D eigenvalue weighted by Crippen LogP contribution is 2.09. The van der Waals surface area contributed by atoms with Crippen molar-refractivity contribution in [2.45, 2.75) is 12.8 Å². The number of aliphatic hydroxyl groups is 1. The van der Waals surface area contributed by atoms with Crippen LogP contribution in [-0.2, 0) is 6.42 Å². The molecule has 0 fully saturated rings. The van der Waals surface area contributed by atoms with E-state index in [9.17, 15) is 4.79 Å². The summed E-state index contributed by atoms with van der Waals surface area (Å²) in [4.78, 5) is 14.9. The minimum atomic E-state index is -1.04. The summed E-state index contributed by atoms with van der Waals surface area (Å²) in [5.74, 6) is -1.04. The number of carboxylic acid groups (broad SMARTS) is 1. The van der Waals surface area contributed by atoms with Gasteiger partial charge in [0.25, 0.3) is 0 Å². The van der Waals surface area contributed by atoms with Gasteiger partial charge in [0.15, 0.2) is 5.65 Å². The zero-order valence-corrected chi connectivity index (χ0v) is 8.50. The van der Waals surface area contributed by atoms with Crippen LogP contribution >= 0.6 is 0 Å². The topological polar surface area (TPSA) is 87.7 Å². The molecule has 0 amide bonds. The first-order valence-electron chi connectivity index (χ1n) is 4.89. The van der Waals surface area contributed by atoms with Crippen molar-refractivity contribution < 1.29 is 15.0 Å². The number of rotatable bonds is 4. The van der Waals surface area contributed by atoms with Gasteiger partial charge in [-0.25, -0.2) is 14.3 Å². The highest BCUT2D eigenvalue weighted by atomic mass is 16.4. The Labute approximate surface area is 91.2 Å². The molecule has 0 saturated heterocycles. The van der Waals surface area contributed by atoms with E-state index in [2.05, 4.69) is 10.1 Å². The molecule has 2 aromatic heterocycles. The normalized spacial score (nSPS) is 10.8. The number of hydrogen-bond donors (Lipinski definition) is 2. The van der Waals surface area contributed by atoms with E-state index in [0.29, 0.717) is 18.5 Å². The molecule has 2 rings (SSSR count). The molecule has 0 aliphatic carbocycles. The minimum absolute atomic E-state index is 0.0914. The summed E-state index contributed by atoms with van der Waals surface area (Å²) in [7, 11) is 0. The van der Waals surface area contributed by atoms with Crippen LogP contribution in [0.5, 0.6) is 0 Å². The lowest BCUT2D eigenvalue weighted by Gasteiger charge is -2.00. The van der Waals surface area contributed by atoms with Gasteiger partial charge >= 0.3 is 5.97 Å². The molecule has 2 heterocycles. The van der Waals surface area contributed by atoms with Gasteiger partial charge in [0.1, 0.15) is 5.56 Å². The van der Waals surface area contributed by atoms with Crippen LogP contribution in [0.2, 0.25) is 0 Å². The molecule has 2 aromatic rings. The average Bonchev–Trinajstić information content (AvgIpc) is 2.69. The SMILES string of the molecule is O=C(O)c1cnn2cc(CCCO)cnc12. The number of aromatic carboxylic acids is 1. The first-order chi connectivity index (χ1) is 7.72. The zero-order chi connectivity index (χ0) is 11.5. The first kappa shape index (κ1) is 10.6. The molecule has 0 atom stereocenters. The van der Waals surface area contributed by atoms with Gasteiger partial charge in [-0.05, 0) is 18.4 Å². The summed E-state index contributed by atoms with van der Waals surface area (Å²) in [6.45, 7) is 0.123. The van der Waals surface area contributed by atoms with E-state index < -0.39 is 5.97 Å². The number of nitrogens with zero attached hydrogens (tertiary/aromatic N) is 3. The van der Waals surface area contributed by atoms with E-state index in [4.69, 9.17) is 10.2 Å². The van der Waals surface area contributed by atoms with E-state index >= 15 is 0 Å². The Balaban J connectivity index is 2.37. The van der Waals surface area contributed by atoms with Crippen LogP contribution in [0.15, 0.2) is 18.6 Å². The second-order valence-corrected chi connectivity index (χ2v) is 3.42. The maximum atomic E-state index is 10.8. The van der Waals surface area contributed by atoms with Crippen LogP contribution in [0.4, 0.5) is 0 Å². The van der Waals surface area contributed by atoms with Gasteiger partial charge in [-0.2, -0.15) is 5.10 Å². The Hall–Kier alpha value is -1.95. The van der Waals surface area contributed by atoms with Crippen molar-refractivity contribution in [1.82, 2.24) is 14.6 Å². The zero-order valence-electron chi connectivity index (χ0n) is 8.50. The Morgan fingerprint density at radius 2 is 2.25 bits per heavy atom. The molecule has 6 heteroatoms. The third-order valence-electron chi connectivity index (χ3n) is 2.26. The van der Waals surface area contributed by atoms with Crippen molar-refractivity contribution in [3.63, 3.8) is 0 Å². The molecule has 6 nitrogen and oxygen atoms in total. The average molecular weight is 221 g/mol. The maximum Gasteiger partial charge on any atom is 0.341 e. The number of aliphatic hydroxyl groups excluding tert-OH is 1. The Morgan fingerprint density at radius 3 is 2.94 bits per heavy atom. The Kier molecular flexibility index (Phi) is 2.82. The molecule has 2 N–H and O–H groups in total. The summed E-state index contributed by atoms with van der Waals surface area (Å²) >= 11 is 0. The van der Waals surface area contributed by atoms with Crippen LogP contribution in [0.3, 0.4) is 0 Å². The van der Waals surface area contributed by atoms with Gasteiger partial charge in [0.2, 0.25) is 0 Å². The van der Waals surface area contributed by atoms with Crippen LogP contribution in [-0.4, -0.2) is 37.4 Å². The van der Waals surface area contributed by atoms with Crippen LogP contribution in [0.1, 0.15) is 22.3 Å². The van der Waals surface area contributed by atoms with Gasteiger partial charge < -0.3 is 10.2 Å². The monoisotopic (exact) mass is 221 g/mol. The fraction of sp³-hybridized carbons (Fsp3) is 0.300. The van der Waals surface area contributed by atoms with Gasteiger partial charge in [-0.3, -0.25) is 0 Å². The van der Waals surface area contributed by atoms with E-state index in [0.717, 1.165) is 5.56 Å². The molecular formula is C10H11N3O3. The summed E-state index contributed by atoms with van der Waals surface area (Å²) < 4.78 is 1.44. The Bertz CT molecular complexity index is 521. The number of carbonyl (C=O) groups is 1. The van der Waals surface area contributed by atoms with Crippen LogP contribution in [0, 0.1) is 0 Å². The maximum absolute atomic E-state index is 10.8. The van der Waals surface area contributed by atoms with Crippen molar-refractivity contribution in [1.29, 1.82) is 0 Å². The van der Waals surface area contributed by atoms with Crippen LogP contribution in [0.25, 0.3) is 5.65 Å². The summed E-state index contributed by atoms with van der Waals surface area (Å²) in [5.41, 5.74) is 1.34. The van der Waals surface area contributed by atoms with E-state index in [1.165, 1.54) is 10.7 Å². The molecule has 84 valence electrons. The van der Waals surface area contributed by atoms with Crippen molar-refractivity contribution >= 4 is 11.6 Å². The van der Waals surface area contributed by atoms with E-state index in [1.54, 1.807) is 12.4 Å². The molecule has 16 heavy (non-hydrogen) atoms. The number of fused-ring (bicyclic) bond motifs is 1. The smallest absolute Gasteiger partial charge is 0.341 e. The predicted molar refractivity (Wildman–Crippen MR) is 55.4 cm³/mol. The molecule has 0 aliphatic heterocycles. The first-order valence-corrected chi connectivity index (χ1v) is 4.89. The summed E-state index contributed by atoms with van der Waals surface area (Å²) in [6.07, 6.45) is 5.96. The largest absolute Gasteiger partial charge is 0.477 e. The van der Waals surface area contributed by atoms with Crippen molar-refractivity contribution in [3.8, 4) is 0 Å². The van der Waals surface area contributed by atoms with Crippen molar-refractivity contribution in [3.05, 3.63) is 29.7 Å². The van der Waals surface area contributed by atoms with Gasteiger partial charge in [-0.15, -0.1) is 0 Å². The standard InChI is InChI=1S/C10H11N3O3/c14-3-1-2-7-4-11-9-8(10(15)16)5-12-13(9)6-7/h4-6,14H,1-3H2,(H,15,16). The number of aryl methyl sites for hydroxylation is 1. The van der Waals surface area contributed by atoms with Crippen LogP contribution < -0.4 is 0 Å². The molecular weight excluding hydrogens is 210 g/mol. The predicted octanol–water partition coefficient (Wildman–Crippen LogP) is 0.352. The second-order valence-electron chi connectivity index (χ2n) is 3.42. The minimum Gasteiger partial charge on any atom is -0.477 e. The number of hydrogen-bond acceptors (Lipinski definition) is 4. The molecule has 0 aliphatic rings. The van der Waals surface area contributed by atoms with Crippen molar-refractivity contribution in [2.24, 2.45) is 0 Å².